The van der Waals surface area contributed by atoms with Crippen molar-refractivity contribution < 1.29 is 19.4 Å². The molecule has 76 valence electrons. The molecule has 5 heteroatoms. The molecular weight excluding hydrogens is 174 g/mol. The lowest BCUT2D eigenvalue weighted by Crippen LogP contribution is -2.37. The molecule has 3 N–H and O–H groups in total. The molecule has 1 aliphatic rings. The lowest BCUT2D eigenvalue weighted by Gasteiger charge is -2.23. The van der Waals surface area contributed by atoms with Crippen LogP contribution in [0.1, 0.15) is 19.3 Å². The molecule has 5 nitrogen and oxygen atoms in total. The van der Waals surface area contributed by atoms with Crippen LogP contribution in [0, 0.1) is 0 Å². The van der Waals surface area contributed by atoms with E-state index in [0.29, 0.717) is 6.61 Å². The van der Waals surface area contributed by atoms with Crippen molar-refractivity contribution >= 4 is 5.97 Å². The van der Waals surface area contributed by atoms with Gasteiger partial charge in [0.2, 0.25) is 0 Å². The van der Waals surface area contributed by atoms with E-state index in [1.807, 2.05) is 0 Å². The van der Waals surface area contributed by atoms with Crippen LogP contribution < -0.4 is 5.73 Å². The van der Waals surface area contributed by atoms with Gasteiger partial charge in [-0.1, -0.05) is 0 Å². The molecule has 0 spiro atoms. The third-order valence-electron chi connectivity index (χ3n) is 1.92. The Morgan fingerprint density at radius 2 is 2.46 bits per heavy atom. The first kappa shape index (κ1) is 10.4. The molecule has 13 heavy (non-hydrogen) atoms. The summed E-state index contributed by atoms with van der Waals surface area (Å²) in [6.45, 7) is 0.701. The summed E-state index contributed by atoms with van der Waals surface area (Å²) in [5, 5.41) is 8.47. The van der Waals surface area contributed by atoms with Gasteiger partial charge in [-0.25, -0.2) is 0 Å². The second kappa shape index (κ2) is 5.16. The first-order valence-electron chi connectivity index (χ1n) is 4.41. The number of hydrogen-bond donors (Lipinski definition) is 2. The minimum atomic E-state index is -1.05. The zero-order valence-electron chi connectivity index (χ0n) is 7.44. The van der Waals surface area contributed by atoms with Crippen LogP contribution in [-0.2, 0) is 14.3 Å². The second-order valence-electron chi connectivity index (χ2n) is 3.07. The molecule has 1 saturated heterocycles. The SMILES string of the molecule is N[C@@H](COC1CCCCO1)C(=O)O. The minimum Gasteiger partial charge on any atom is -0.480 e. The van der Waals surface area contributed by atoms with Crippen molar-refractivity contribution in [3.05, 3.63) is 0 Å². The Morgan fingerprint density at radius 3 is 3.00 bits per heavy atom. The summed E-state index contributed by atoms with van der Waals surface area (Å²) >= 11 is 0. The first-order chi connectivity index (χ1) is 6.20. The second-order valence-corrected chi connectivity index (χ2v) is 3.07. The zero-order chi connectivity index (χ0) is 9.68. The number of carboxylic acid groups (broad SMARTS) is 1. The smallest absolute Gasteiger partial charge is 0.322 e. The summed E-state index contributed by atoms with van der Waals surface area (Å²) < 4.78 is 10.4. The van der Waals surface area contributed by atoms with Crippen LogP contribution in [0.4, 0.5) is 0 Å². The summed E-state index contributed by atoms with van der Waals surface area (Å²) in [5.41, 5.74) is 5.25. The van der Waals surface area contributed by atoms with Crippen LogP contribution in [-0.4, -0.2) is 36.6 Å². The van der Waals surface area contributed by atoms with E-state index >= 15 is 0 Å². The van der Waals surface area contributed by atoms with Crippen molar-refractivity contribution in [3.63, 3.8) is 0 Å². The molecule has 1 rings (SSSR count). The summed E-state index contributed by atoms with van der Waals surface area (Å²) in [6, 6.07) is -0.953. The van der Waals surface area contributed by atoms with E-state index < -0.39 is 12.0 Å². The zero-order valence-corrected chi connectivity index (χ0v) is 7.44. The molecule has 0 radical (unpaired) electrons. The highest BCUT2D eigenvalue weighted by Crippen LogP contribution is 2.13. The Bertz CT molecular complexity index is 168. The predicted octanol–water partition coefficient (Wildman–Crippen LogP) is -0.0585. The Morgan fingerprint density at radius 1 is 1.69 bits per heavy atom. The van der Waals surface area contributed by atoms with Crippen LogP contribution in [0.15, 0.2) is 0 Å². The fraction of sp³-hybridized carbons (Fsp3) is 0.875. The standard InChI is InChI=1S/C8H15NO4/c9-6(8(10)11)5-13-7-3-1-2-4-12-7/h6-7H,1-5,9H2,(H,10,11)/t6-,7?/m0/s1. The molecule has 0 aromatic rings. The predicted molar refractivity (Wildman–Crippen MR) is 45.2 cm³/mol. The topological polar surface area (TPSA) is 81.8 Å². The van der Waals surface area contributed by atoms with Gasteiger partial charge in [0.05, 0.1) is 6.61 Å². The molecule has 0 aliphatic carbocycles. The molecule has 2 atom stereocenters. The van der Waals surface area contributed by atoms with Crippen LogP contribution in [0.2, 0.25) is 0 Å². The minimum absolute atomic E-state index is 0.0139. The first-order valence-corrected chi connectivity index (χ1v) is 4.41. The molecular formula is C8H15NO4. The highest BCUT2D eigenvalue weighted by molar-refractivity contribution is 5.73. The van der Waals surface area contributed by atoms with E-state index in [0.717, 1.165) is 19.3 Å². The van der Waals surface area contributed by atoms with Gasteiger partial charge in [0, 0.05) is 6.61 Å². The van der Waals surface area contributed by atoms with Gasteiger partial charge >= 0.3 is 5.97 Å². The van der Waals surface area contributed by atoms with Gasteiger partial charge in [-0.2, -0.15) is 0 Å². The Balaban J connectivity index is 2.13. The molecule has 0 amide bonds. The Labute approximate surface area is 76.8 Å². The Hall–Kier alpha value is -0.650. The van der Waals surface area contributed by atoms with E-state index in [1.54, 1.807) is 0 Å². The molecule has 1 aliphatic heterocycles. The number of aliphatic carboxylic acids is 1. The van der Waals surface area contributed by atoms with Gasteiger partial charge in [0.25, 0.3) is 0 Å². The maximum absolute atomic E-state index is 10.3. The van der Waals surface area contributed by atoms with Crippen molar-refractivity contribution in [2.75, 3.05) is 13.2 Å². The lowest BCUT2D eigenvalue weighted by molar-refractivity contribution is -0.169. The van der Waals surface area contributed by atoms with Crippen LogP contribution in [0.5, 0.6) is 0 Å². The monoisotopic (exact) mass is 189 g/mol. The number of nitrogens with two attached hydrogens (primary N) is 1. The van der Waals surface area contributed by atoms with Crippen LogP contribution >= 0.6 is 0 Å². The normalized spacial score (nSPS) is 25.5. The fourth-order valence-electron chi connectivity index (χ4n) is 1.12. The lowest BCUT2D eigenvalue weighted by atomic mass is 10.2. The summed E-state index contributed by atoms with van der Waals surface area (Å²) in [5.74, 6) is -1.05. The third kappa shape index (κ3) is 3.71. The number of rotatable bonds is 4. The quantitative estimate of drug-likeness (QED) is 0.647. The van der Waals surface area contributed by atoms with E-state index in [-0.39, 0.29) is 12.9 Å². The van der Waals surface area contributed by atoms with Crippen LogP contribution in [0.3, 0.4) is 0 Å². The van der Waals surface area contributed by atoms with Crippen molar-refractivity contribution in [3.8, 4) is 0 Å². The van der Waals surface area contributed by atoms with Gasteiger partial charge in [0.1, 0.15) is 6.04 Å². The molecule has 0 aromatic carbocycles. The largest absolute Gasteiger partial charge is 0.480 e. The highest BCUT2D eigenvalue weighted by atomic mass is 16.7. The van der Waals surface area contributed by atoms with Gasteiger partial charge in [-0.15, -0.1) is 0 Å². The van der Waals surface area contributed by atoms with Gasteiger partial charge in [-0.3, -0.25) is 4.79 Å². The van der Waals surface area contributed by atoms with Gasteiger partial charge < -0.3 is 20.3 Å². The van der Waals surface area contributed by atoms with Crippen molar-refractivity contribution in [2.45, 2.75) is 31.6 Å². The summed E-state index contributed by atoms with van der Waals surface area (Å²) in [6.07, 6.45) is 2.67. The fourth-order valence-corrected chi connectivity index (χ4v) is 1.12. The molecule has 0 aromatic heterocycles. The molecule has 0 bridgehead atoms. The average molecular weight is 189 g/mol. The molecule has 1 heterocycles. The molecule has 1 unspecified atom stereocenters. The van der Waals surface area contributed by atoms with Crippen molar-refractivity contribution in [1.29, 1.82) is 0 Å². The number of hydrogen-bond acceptors (Lipinski definition) is 4. The van der Waals surface area contributed by atoms with E-state index in [9.17, 15) is 4.79 Å². The van der Waals surface area contributed by atoms with Gasteiger partial charge in [0.15, 0.2) is 6.29 Å². The van der Waals surface area contributed by atoms with E-state index in [4.69, 9.17) is 20.3 Å². The van der Waals surface area contributed by atoms with E-state index in [1.165, 1.54) is 0 Å². The highest BCUT2D eigenvalue weighted by Gasteiger charge is 2.18. The molecule has 1 fully saturated rings. The molecule has 0 saturated carbocycles. The average Bonchev–Trinajstić information content (AvgIpc) is 2.15. The van der Waals surface area contributed by atoms with Crippen LogP contribution in [0.25, 0.3) is 0 Å². The number of ether oxygens (including phenoxy) is 2. The summed E-state index contributed by atoms with van der Waals surface area (Å²) in [7, 11) is 0. The maximum Gasteiger partial charge on any atom is 0.322 e. The summed E-state index contributed by atoms with van der Waals surface area (Å²) in [4.78, 5) is 10.3. The maximum atomic E-state index is 10.3. The third-order valence-corrected chi connectivity index (χ3v) is 1.92. The number of carbonyl (C=O) groups is 1. The number of carboxylic acids is 1. The van der Waals surface area contributed by atoms with Gasteiger partial charge in [-0.05, 0) is 19.3 Å². The Kier molecular flexibility index (Phi) is 4.14. The van der Waals surface area contributed by atoms with Crippen molar-refractivity contribution in [1.82, 2.24) is 0 Å². The van der Waals surface area contributed by atoms with E-state index in [2.05, 4.69) is 0 Å². The van der Waals surface area contributed by atoms with Crippen molar-refractivity contribution in [2.24, 2.45) is 5.73 Å².